The van der Waals surface area contributed by atoms with Gasteiger partial charge in [-0.25, -0.2) is 4.68 Å². The molecule has 0 aliphatic rings. The third kappa shape index (κ3) is 3.61. The zero-order chi connectivity index (χ0) is 19.4. The molecular weight excluding hydrogens is 350 g/mol. The number of rotatable bonds is 6. The van der Waals surface area contributed by atoms with Gasteiger partial charge < -0.3 is 0 Å². The summed E-state index contributed by atoms with van der Waals surface area (Å²) in [7, 11) is 0. The summed E-state index contributed by atoms with van der Waals surface area (Å²) in [6.07, 6.45) is 0.681. The molecule has 0 aliphatic heterocycles. The monoisotopic (exact) mass is 367 g/mol. The minimum atomic E-state index is -0.603. The number of nitrogens with zero attached hydrogens (tertiary/aromatic N) is 3. The number of hydrogen-bond donors (Lipinski definition) is 2. The Kier molecular flexibility index (Phi) is 5.11. The molecule has 138 valence electrons. The smallest absolute Gasteiger partial charge is 0.292 e. The summed E-state index contributed by atoms with van der Waals surface area (Å²) >= 11 is 0. The second-order valence-electron chi connectivity index (χ2n) is 5.78. The van der Waals surface area contributed by atoms with Gasteiger partial charge >= 0.3 is 0 Å². The molecule has 9 nitrogen and oxygen atoms in total. The van der Waals surface area contributed by atoms with Crippen molar-refractivity contribution >= 4 is 28.1 Å². The maximum absolute atomic E-state index is 12.7. The highest BCUT2D eigenvalue weighted by molar-refractivity contribution is 6.05. The van der Waals surface area contributed by atoms with Crippen LogP contribution in [-0.2, 0) is 6.54 Å². The molecule has 1 amide bonds. The fourth-order valence-corrected chi connectivity index (χ4v) is 2.69. The quantitative estimate of drug-likeness (QED) is 0.510. The van der Waals surface area contributed by atoms with Crippen LogP contribution in [0.5, 0.6) is 0 Å². The molecule has 0 aliphatic carbocycles. The van der Waals surface area contributed by atoms with Crippen molar-refractivity contribution < 1.29 is 9.72 Å². The molecule has 0 fully saturated rings. The third-order valence-corrected chi connectivity index (χ3v) is 3.93. The third-order valence-electron chi connectivity index (χ3n) is 3.93. The van der Waals surface area contributed by atoms with E-state index in [9.17, 15) is 19.7 Å². The first-order valence-corrected chi connectivity index (χ1v) is 8.32. The summed E-state index contributed by atoms with van der Waals surface area (Å²) in [5.41, 5.74) is 4.73. The Morgan fingerprint density at radius 1 is 1.15 bits per heavy atom. The first-order valence-electron chi connectivity index (χ1n) is 8.32. The second-order valence-corrected chi connectivity index (χ2v) is 5.78. The Hall–Kier alpha value is -3.75. The van der Waals surface area contributed by atoms with Crippen LogP contribution in [-0.4, -0.2) is 20.6 Å². The molecule has 0 atom stereocenters. The highest BCUT2D eigenvalue weighted by atomic mass is 16.6. The molecular formula is C18H17N5O4. The predicted molar refractivity (Wildman–Crippen MR) is 100 cm³/mol. The fourth-order valence-electron chi connectivity index (χ4n) is 2.69. The first-order chi connectivity index (χ1) is 13.0. The van der Waals surface area contributed by atoms with Gasteiger partial charge in [0.15, 0.2) is 5.69 Å². The summed E-state index contributed by atoms with van der Waals surface area (Å²) in [6.45, 7) is 2.28. The number of anilines is 1. The van der Waals surface area contributed by atoms with Crippen LogP contribution in [0.3, 0.4) is 0 Å². The van der Waals surface area contributed by atoms with Gasteiger partial charge in [0.25, 0.3) is 17.2 Å². The number of hydrazine groups is 1. The van der Waals surface area contributed by atoms with E-state index in [1.165, 1.54) is 22.9 Å². The van der Waals surface area contributed by atoms with Crippen molar-refractivity contribution in [2.24, 2.45) is 0 Å². The number of aryl methyl sites for hydroxylation is 1. The van der Waals surface area contributed by atoms with E-state index >= 15 is 0 Å². The summed E-state index contributed by atoms with van der Waals surface area (Å²) in [5, 5.41) is 16.0. The van der Waals surface area contributed by atoms with E-state index in [-0.39, 0.29) is 22.6 Å². The van der Waals surface area contributed by atoms with Crippen LogP contribution in [0.25, 0.3) is 10.8 Å². The van der Waals surface area contributed by atoms with E-state index in [0.717, 1.165) is 0 Å². The van der Waals surface area contributed by atoms with E-state index in [4.69, 9.17) is 0 Å². The molecule has 3 aromatic rings. The van der Waals surface area contributed by atoms with Crippen LogP contribution in [0.1, 0.15) is 23.8 Å². The number of fused-ring (bicyclic) bond motifs is 1. The topological polar surface area (TPSA) is 119 Å². The number of nitrogens with one attached hydrogen (secondary N) is 2. The van der Waals surface area contributed by atoms with Crippen molar-refractivity contribution in [2.45, 2.75) is 19.9 Å². The lowest BCUT2D eigenvalue weighted by molar-refractivity contribution is -0.384. The van der Waals surface area contributed by atoms with Gasteiger partial charge in [-0.15, -0.1) is 0 Å². The van der Waals surface area contributed by atoms with Gasteiger partial charge in [0.1, 0.15) is 5.69 Å². The van der Waals surface area contributed by atoms with Gasteiger partial charge in [0.2, 0.25) is 0 Å². The first kappa shape index (κ1) is 18.1. The zero-order valence-corrected chi connectivity index (χ0v) is 14.5. The Morgan fingerprint density at radius 3 is 2.52 bits per heavy atom. The average Bonchev–Trinajstić information content (AvgIpc) is 2.68. The van der Waals surface area contributed by atoms with Crippen molar-refractivity contribution in [1.29, 1.82) is 0 Å². The molecule has 27 heavy (non-hydrogen) atoms. The van der Waals surface area contributed by atoms with E-state index < -0.39 is 10.8 Å². The Balaban J connectivity index is 1.96. The summed E-state index contributed by atoms with van der Waals surface area (Å²) < 4.78 is 1.25. The number of carbonyl (C=O) groups is 1. The van der Waals surface area contributed by atoms with Crippen molar-refractivity contribution in [3.63, 3.8) is 0 Å². The van der Waals surface area contributed by atoms with Crippen LogP contribution in [0.15, 0.2) is 53.3 Å². The maximum Gasteiger partial charge on any atom is 0.294 e. The lowest BCUT2D eigenvalue weighted by Gasteiger charge is -2.12. The lowest BCUT2D eigenvalue weighted by atomic mass is 10.1. The summed E-state index contributed by atoms with van der Waals surface area (Å²) in [4.78, 5) is 35.6. The Bertz CT molecular complexity index is 1080. The van der Waals surface area contributed by atoms with Crippen LogP contribution >= 0.6 is 0 Å². The molecule has 0 unspecified atom stereocenters. The highest BCUT2D eigenvalue weighted by Gasteiger charge is 2.18. The predicted octanol–water partition coefficient (Wildman–Crippen LogP) is 2.47. The SMILES string of the molecule is CCCn1nc(C(=O)NNc2ccccc2[N+](=O)[O-])c2ccccc2c1=O. The molecule has 0 bridgehead atoms. The Labute approximate surface area is 153 Å². The number of para-hydroxylation sites is 2. The number of nitro groups is 1. The van der Waals surface area contributed by atoms with Crippen molar-refractivity contribution in [3.05, 3.63) is 74.7 Å². The van der Waals surface area contributed by atoms with Gasteiger partial charge in [0, 0.05) is 18.0 Å². The molecule has 2 N–H and O–H groups in total. The zero-order valence-electron chi connectivity index (χ0n) is 14.5. The number of nitro benzene ring substituents is 1. The van der Waals surface area contributed by atoms with Crippen molar-refractivity contribution in [2.75, 3.05) is 5.43 Å². The van der Waals surface area contributed by atoms with Crippen molar-refractivity contribution in [1.82, 2.24) is 15.2 Å². The van der Waals surface area contributed by atoms with Gasteiger partial charge in [-0.2, -0.15) is 5.10 Å². The number of carbonyl (C=O) groups excluding carboxylic acids is 1. The molecule has 9 heteroatoms. The van der Waals surface area contributed by atoms with Gasteiger partial charge in [-0.3, -0.25) is 30.6 Å². The van der Waals surface area contributed by atoms with Gasteiger partial charge in [-0.1, -0.05) is 37.3 Å². The normalized spacial score (nSPS) is 10.6. The van der Waals surface area contributed by atoms with Crippen LogP contribution < -0.4 is 16.4 Å². The van der Waals surface area contributed by atoms with Gasteiger partial charge in [-0.05, 0) is 18.6 Å². The van der Waals surface area contributed by atoms with E-state index in [0.29, 0.717) is 23.7 Å². The van der Waals surface area contributed by atoms with Gasteiger partial charge in [0.05, 0.1) is 10.3 Å². The minimum Gasteiger partial charge on any atom is -0.292 e. The molecule has 1 aromatic heterocycles. The maximum atomic E-state index is 12.7. The minimum absolute atomic E-state index is 0.0599. The van der Waals surface area contributed by atoms with E-state index in [2.05, 4.69) is 16.0 Å². The van der Waals surface area contributed by atoms with Crippen LogP contribution in [0, 0.1) is 10.1 Å². The molecule has 0 radical (unpaired) electrons. The van der Waals surface area contributed by atoms with E-state index in [1.54, 1.807) is 30.3 Å². The molecule has 0 saturated heterocycles. The molecule has 3 rings (SSSR count). The van der Waals surface area contributed by atoms with Crippen molar-refractivity contribution in [3.8, 4) is 0 Å². The average molecular weight is 367 g/mol. The number of aromatic nitrogens is 2. The van der Waals surface area contributed by atoms with E-state index in [1.807, 2.05) is 6.92 Å². The van der Waals surface area contributed by atoms with Crippen LogP contribution in [0.4, 0.5) is 11.4 Å². The highest BCUT2D eigenvalue weighted by Crippen LogP contribution is 2.22. The lowest BCUT2D eigenvalue weighted by Crippen LogP contribution is -2.33. The molecule has 2 aromatic carbocycles. The fraction of sp³-hybridized carbons (Fsp3) is 0.167. The second kappa shape index (κ2) is 7.65. The van der Waals surface area contributed by atoms with Crippen LogP contribution in [0.2, 0.25) is 0 Å². The summed E-state index contributed by atoms with van der Waals surface area (Å²) in [5.74, 6) is -0.603. The number of hydrogen-bond acceptors (Lipinski definition) is 6. The molecule has 1 heterocycles. The standard InChI is InChI=1S/C18H17N5O4/c1-2-11-22-18(25)13-8-4-3-7-12(13)16(21-22)17(24)20-19-14-9-5-6-10-15(14)23(26)27/h3-10,19H,2,11H2,1H3,(H,20,24). The summed E-state index contributed by atoms with van der Waals surface area (Å²) in [6, 6.07) is 12.6. The Morgan fingerprint density at radius 2 is 1.81 bits per heavy atom. The largest absolute Gasteiger partial charge is 0.294 e. The molecule has 0 saturated carbocycles. The number of benzene rings is 2. The number of amides is 1. The molecule has 0 spiro atoms.